The number of anilines is 1. The summed E-state index contributed by atoms with van der Waals surface area (Å²) in [7, 11) is -1.49. The first-order chi connectivity index (χ1) is 14.1. The lowest BCUT2D eigenvalue weighted by Crippen LogP contribution is -2.50. The Hall–Kier alpha value is -1.84. The zero-order valence-electron chi connectivity index (χ0n) is 18.2. The molecule has 0 bridgehead atoms. The molecule has 0 unspecified atom stereocenters. The van der Waals surface area contributed by atoms with Crippen LogP contribution in [0.25, 0.3) is 0 Å². The summed E-state index contributed by atoms with van der Waals surface area (Å²) >= 11 is 0. The molecule has 9 heteroatoms. The number of fused-ring (bicyclic) bond motifs is 1. The third-order valence-electron chi connectivity index (χ3n) is 5.74. The standard InChI is InChI=1S/C21H33N3O5S/c1-14-10-24(15(2)13-25)21(26)17-6-5-7-18(22-30(4,27)28)20(17)29-19(14)12-23(3)11-16-8-9-16/h5-7,14-16,19,22,25H,8-13H2,1-4H3/t14-,15-,19-/m0/s1. The van der Waals surface area contributed by atoms with E-state index in [1.54, 1.807) is 30.0 Å². The average Bonchev–Trinajstić information content (AvgIpc) is 3.47. The first-order valence-electron chi connectivity index (χ1n) is 10.5. The van der Waals surface area contributed by atoms with Crippen LogP contribution in [0.1, 0.15) is 37.0 Å². The number of amides is 1. The first-order valence-corrected chi connectivity index (χ1v) is 12.4. The number of hydrogen-bond donors (Lipinski definition) is 2. The van der Waals surface area contributed by atoms with Crippen LogP contribution in [-0.2, 0) is 10.0 Å². The summed E-state index contributed by atoms with van der Waals surface area (Å²) in [5, 5.41) is 9.70. The van der Waals surface area contributed by atoms with Crippen molar-refractivity contribution in [2.45, 2.75) is 38.8 Å². The van der Waals surface area contributed by atoms with E-state index in [1.165, 1.54) is 12.8 Å². The fraction of sp³-hybridized carbons (Fsp3) is 0.667. The first kappa shape index (κ1) is 22.8. The largest absolute Gasteiger partial charge is 0.486 e. The summed E-state index contributed by atoms with van der Waals surface area (Å²) in [6, 6.07) is 4.52. The Labute approximate surface area is 179 Å². The molecule has 0 aromatic heterocycles. The highest BCUT2D eigenvalue weighted by Crippen LogP contribution is 2.35. The molecule has 1 aliphatic carbocycles. The van der Waals surface area contributed by atoms with Gasteiger partial charge in [0.15, 0.2) is 5.75 Å². The predicted octanol–water partition coefficient (Wildman–Crippen LogP) is 1.62. The number of nitrogens with one attached hydrogen (secondary N) is 1. The molecule has 0 spiro atoms. The Morgan fingerprint density at radius 3 is 2.63 bits per heavy atom. The number of aliphatic hydroxyl groups excluding tert-OH is 1. The number of ether oxygens (including phenoxy) is 1. The zero-order chi connectivity index (χ0) is 22.1. The van der Waals surface area contributed by atoms with E-state index < -0.39 is 10.0 Å². The number of carbonyl (C=O) groups excluding carboxylic acids is 1. The van der Waals surface area contributed by atoms with Crippen LogP contribution in [0.5, 0.6) is 5.75 Å². The van der Waals surface area contributed by atoms with Crippen molar-refractivity contribution in [3.63, 3.8) is 0 Å². The number of rotatable bonds is 8. The molecular formula is C21H33N3O5S. The molecule has 3 rings (SSSR count). The van der Waals surface area contributed by atoms with Gasteiger partial charge in [-0.3, -0.25) is 9.52 Å². The van der Waals surface area contributed by atoms with Crippen LogP contribution in [0, 0.1) is 11.8 Å². The van der Waals surface area contributed by atoms with E-state index in [4.69, 9.17) is 4.74 Å². The zero-order valence-corrected chi connectivity index (χ0v) is 19.0. The quantitative estimate of drug-likeness (QED) is 0.639. The Balaban J connectivity index is 1.99. The van der Waals surface area contributed by atoms with E-state index in [0.29, 0.717) is 18.7 Å². The maximum atomic E-state index is 13.3. The fourth-order valence-corrected chi connectivity index (χ4v) is 4.42. The molecular weight excluding hydrogens is 406 g/mol. The van der Waals surface area contributed by atoms with Gasteiger partial charge in [0.25, 0.3) is 5.91 Å². The monoisotopic (exact) mass is 439 g/mol. The summed E-state index contributed by atoms with van der Waals surface area (Å²) in [6.07, 6.45) is 3.34. The normalized spacial score (nSPS) is 23.4. The van der Waals surface area contributed by atoms with Gasteiger partial charge in [-0.2, -0.15) is 0 Å². The number of carbonyl (C=O) groups is 1. The van der Waals surface area contributed by atoms with Crippen molar-refractivity contribution < 1.29 is 23.1 Å². The molecule has 3 atom stereocenters. The molecule has 1 fully saturated rings. The van der Waals surface area contributed by atoms with Crippen LogP contribution in [0.4, 0.5) is 5.69 Å². The van der Waals surface area contributed by atoms with E-state index in [9.17, 15) is 18.3 Å². The SMILES string of the molecule is C[C@H]1CN([C@@H](C)CO)C(=O)c2cccc(NS(C)(=O)=O)c2O[C@H]1CN(C)CC1CC1. The number of sulfonamides is 1. The summed E-state index contributed by atoms with van der Waals surface area (Å²) in [4.78, 5) is 17.2. The summed E-state index contributed by atoms with van der Waals surface area (Å²) in [5.74, 6) is 0.699. The van der Waals surface area contributed by atoms with Crippen molar-refractivity contribution >= 4 is 21.6 Å². The highest BCUT2D eigenvalue weighted by Gasteiger charge is 2.35. The number of hydrogen-bond acceptors (Lipinski definition) is 6. The van der Waals surface area contributed by atoms with Crippen LogP contribution < -0.4 is 9.46 Å². The summed E-state index contributed by atoms with van der Waals surface area (Å²) in [5.41, 5.74) is 0.551. The van der Waals surface area contributed by atoms with Crippen LogP contribution in [0.3, 0.4) is 0 Å². The second-order valence-corrected chi connectivity index (χ2v) is 10.6. The van der Waals surface area contributed by atoms with Crippen molar-refractivity contribution in [3.8, 4) is 5.75 Å². The van der Waals surface area contributed by atoms with Crippen molar-refractivity contribution in [2.24, 2.45) is 11.8 Å². The van der Waals surface area contributed by atoms with Gasteiger partial charge >= 0.3 is 0 Å². The Morgan fingerprint density at radius 1 is 1.33 bits per heavy atom. The van der Waals surface area contributed by atoms with E-state index >= 15 is 0 Å². The van der Waals surface area contributed by atoms with Gasteiger partial charge in [0, 0.05) is 25.6 Å². The molecule has 1 heterocycles. The molecule has 1 aromatic carbocycles. The predicted molar refractivity (Wildman–Crippen MR) is 116 cm³/mol. The van der Waals surface area contributed by atoms with Gasteiger partial charge in [-0.25, -0.2) is 8.42 Å². The molecule has 2 N–H and O–H groups in total. The van der Waals surface area contributed by atoms with Gasteiger partial charge in [0.05, 0.1) is 30.2 Å². The van der Waals surface area contributed by atoms with E-state index in [0.717, 1.165) is 18.7 Å². The smallest absolute Gasteiger partial charge is 0.258 e. The van der Waals surface area contributed by atoms with Gasteiger partial charge in [-0.15, -0.1) is 0 Å². The number of para-hydroxylation sites is 1. The minimum Gasteiger partial charge on any atom is -0.486 e. The Kier molecular flexibility index (Phi) is 6.94. The number of nitrogens with zero attached hydrogens (tertiary/aromatic N) is 2. The maximum absolute atomic E-state index is 13.3. The van der Waals surface area contributed by atoms with Crippen LogP contribution in [0.2, 0.25) is 0 Å². The van der Waals surface area contributed by atoms with E-state index in [1.807, 2.05) is 6.92 Å². The molecule has 2 aliphatic rings. The van der Waals surface area contributed by atoms with Gasteiger partial charge in [-0.05, 0) is 44.9 Å². The Bertz CT molecular complexity index is 871. The lowest BCUT2D eigenvalue weighted by atomic mass is 9.99. The lowest BCUT2D eigenvalue weighted by Gasteiger charge is -2.38. The molecule has 1 aliphatic heterocycles. The second kappa shape index (κ2) is 9.11. The summed E-state index contributed by atoms with van der Waals surface area (Å²) in [6.45, 7) is 5.79. The third kappa shape index (κ3) is 5.65. The molecule has 30 heavy (non-hydrogen) atoms. The van der Waals surface area contributed by atoms with Crippen LogP contribution in [0.15, 0.2) is 18.2 Å². The molecule has 0 saturated heterocycles. The minimum atomic E-state index is -3.55. The second-order valence-electron chi connectivity index (χ2n) is 8.84. The fourth-order valence-electron chi connectivity index (χ4n) is 3.86. The van der Waals surface area contributed by atoms with Gasteiger partial charge < -0.3 is 19.6 Å². The molecule has 1 amide bonds. The van der Waals surface area contributed by atoms with Crippen LogP contribution in [-0.4, -0.2) is 80.9 Å². The molecule has 8 nitrogen and oxygen atoms in total. The minimum absolute atomic E-state index is 0.0101. The molecule has 0 radical (unpaired) electrons. The van der Waals surface area contributed by atoms with Crippen LogP contribution >= 0.6 is 0 Å². The molecule has 168 valence electrons. The van der Waals surface area contributed by atoms with Crippen molar-refractivity contribution in [1.29, 1.82) is 0 Å². The van der Waals surface area contributed by atoms with Crippen molar-refractivity contribution in [2.75, 3.05) is 44.3 Å². The topological polar surface area (TPSA) is 99.2 Å². The Morgan fingerprint density at radius 2 is 2.03 bits per heavy atom. The highest BCUT2D eigenvalue weighted by molar-refractivity contribution is 7.92. The number of aliphatic hydroxyl groups is 1. The highest BCUT2D eigenvalue weighted by atomic mass is 32.2. The van der Waals surface area contributed by atoms with Gasteiger partial charge in [0.1, 0.15) is 6.10 Å². The third-order valence-corrected chi connectivity index (χ3v) is 6.34. The van der Waals surface area contributed by atoms with Gasteiger partial charge in [-0.1, -0.05) is 13.0 Å². The van der Waals surface area contributed by atoms with Gasteiger partial charge in [0.2, 0.25) is 10.0 Å². The van der Waals surface area contributed by atoms with Crippen molar-refractivity contribution in [1.82, 2.24) is 9.80 Å². The van der Waals surface area contributed by atoms with Crippen molar-refractivity contribution in [3.05, 3.63) is 23.8 Å². The lowest BCUT2D eigenvalue weighted by molar-refractivity contribution is 0.0346. The number of benzene rings is 1. The molecule has 1 aromatic rings. The average molecular weight is 440 g/mol. The number of likely N-dealkylation sites (N-methyl/N-ethyl adjacent to an activating group) is 1. The maximum Gasteiger partial charge on any atom is 0.258 e. The van der Waals surface area contributed by atoms with E-state index in [-0.39, 0.29) is 42.0 Å². The van der Waals surface area contributed by atoms with E-state index in [2.05, 4.69) is 16.7 Å². The summed E-state index contributed by atoms with van der Waals surface area (Å²) < 4.78 is 32.6. The molecule has 1 saturated carbocycles.